The summed E-state index contributed by atoms with van der Waals surface area (Å²) in [6, 6.07) is 32.8. The second-order valence-electron chi connectivity index (χ2n) is 8.10. The number of pyridine rings is 1. The number of fused-ring (bicyclic) bond motifs is 6. The van der Waals surface area contributed by atoms with Crippen LogP contribution in [0.2, 0.25) is 0 Å². The van der Waals surface area contributed by atoms with E-state index in [2.05, 4.69) is 106 Å². The Morgan fingerprint density at radius 3 is 2.34 bits per heavy atom. The molecule has 0 aliphatic rings. The van der Waals surface area contributed by atoms with Gasteiger partial charge in [0, 0.05) is 49.9 Å². The van der Waals surface area contributed by atoms with Crippen molar-refractivity contribution >= 4 is 54.0 Å². The first-order chi connectivity index (χ1) is 15.9. The average Bonchev–Trinajstić information content (AvgIpc) is 3.46. The first kappa shape index (κ1) is 17.7. The van der Waals surface area contributed by atoms with Gasteiger partial charge < -0.3 is 4.57 Å². The number of hydrogen-bond donors (Lipinski definition) is 0. The van der Waals surface area contributed by atoms with E-state index in [1.807, 2.05) is 12.4 Å². The maximum Gasteiger partial charge on any atom is 0.0627 e. The van der Waals surface area contributed by atoms with Crippen molar-refractivity contribution in [2.45, 2.75) is 0 Å². The van der Waals surface area contributed by atoms with E-state index in [4.69, 9.17) is 0 Å². The first-order valence-electron chi connectivity index (χ1n) is 10.7. The summed E-state index contributed by atoms with van der Waals surface area (Å²) in [4.78, 5) is 4.47. The molecule has 3 heteroatoms. The van der Waals surface area contributed by atoms with Crippen molar-refractivity contribution in [2.75, 3.05) is 0 Å². The molecule has 0 radical (unpaired) electrons. The summed E-state index contributed by atoms with van der Waals surface area (Å²) in [6.07, 6.45) is 3.89. The van der Waals surface area contributed by atoms with Crippen LogP contribution in [0.25, 0.3) is 59.5 Å². The fourth-order valence-electron chi connectivity index (χ4n) is 4.91. The Labute approximate surface area is 189 Å². The Balaban J connectivity index is 1.48. The van der Waals surface area contributed by atoms with Gasteiger partial charge >= 0.3 is 0 Å². The summed E-state index contributed by atoms with van der Waals surface area (Å²) in [5.74, 6) is 0. The smallest absolute Gasteiger partial charge is 0.0627 e. The molecule has 7 aromatic rings. The fraction of sp³-hybridized carbons (Fsp3) is 0. The summed E-state index contributed by atoms with van der Waals surface area (Å²) >= 11 is 1.80. The highest BCUT2D eigenvalue weighted by Crippen LogP contribution is 2.38. The minimum Gasteiger partial charge on any atom is -0.309 e. The van der Waals surface area contributed by atoms with Gasteiger partial charge in [-0.15, -0.1) is 11.3 Å². The number of benzene rings is 4. The van der Waals surface area contributed by atoms with Crippen molar-refractivity contribution < 1.29 is 0 Å². The maximum absolute atomic E-state index is 4.47. The molecule has 0 amide bonds. The molecule has 0 aliphatic heterocycles. The van der Waals surface area contributed by atoms with Crippen LogP contribution in [0.1, 0.15) is 0 Å². The van der Waals surface area contributed by atoms with Gasteiger partial charge in [0.15, 0.2) is 0 Å². The Morgan fingerprint density at radius 2 is 1.44 bits per heavy atom. The van der Waals surface area contributed by atoms with E-state index >= 15 is 0 Å². The van der Waals surface area contributed by atoms with Gasteiger partial charge in [-0.1, -0.05) is 60.7 Å². The second-order valence-corrected chi connectivity index (χ2v) is 9.05. The van der Waals surface area contributed by atoms with Crippen LogP contribution in [0, 0.1) is 0 Å². The summed E-state index contributed by atoms with van der Waals surface area (Å²) in [5, 5.41) is 8.48. The Kier molecular flexibility index (Phi) is 3.75. The molecular formula is C29H18N2S. The molecule has 0 spiro atoms. The molecule has 7 rings (SSSR count). The van der Waals surface area contributed by atoms with Gasteiger partial charge in [-0.05, 0) is 46.7 Å². The van der Waals surface area contributed by atoms with Gasteiger partial charge in [-0.3, -0.25) is 4.98 Å². The van der Waals surface area contributed by atoms with Gasteiger partial charge in [0.2, 0.25) is 0 Å². The quantitative estimate of drug-likeness (QED) is 0.272. The van der Waals surface area contributed by atoms with Crippen LogP contribution in [-0.2, 0) is 0 Å². The van der Waals surface area contributed by atoms with Crippen molar-refractivity contribution in [1.82, 2.24) is 9.55 Å². The number of aromatic nitrogens is 2. The Morgan fingerprint density at radius 1 is 0.625 bits per heavy atom. The molecule has 3 heterocycles. The van der Waals surface area contributed by atoms with Crippen LogP contribution in [0.3, 0.4) is 0 Å². The van der Waals surface area contributed by atoms with E-state index < -0.39 is 0 Å². The summed E-state index contributed by atoms with van der Waals surface area (Å²) in [5.41, 5.74) is 6.04. The number of nitrogens with zero attached hydrogens (tertiary/aromatic N) is 2. The van der Waals surface area contributed by atoms with Crippen LogP contribution >= 0.6 is 11.3 Å². The molecule has 0 saturated heterocycles. The molecule has 4 aromatic carbocycles. The molecule has 32 heavy (non-hydrogen) atoms. The average molecular weight is 427 g/mol. The molecule has 0 saturated carbocycles. The summed E-state index contributed by atoms with van der Waals surface area (Å²) in [6.45, 7) is 0. The summed E-state index contributed by atoms with van der Waals surface area (Å²) < 4.78 is 3.73. The summed E-state index contributed by atoms with van der Waals surface area (Å²) in [7, 11) is 0. The lowest BCUT2D eigenvalue weighted by molar-refractivity contribution is 1.19. The molecule has 3 aromatic heterocycles. The zero-order valence-corrected chi connectivity index (χ0v) is 18.0. The van der Waals surface area contributed by atoms with Crippen LogP contribution in [0.5, 0.6) is 0 Å². The van der Waals surface area contributed by atoms with Crippen molar-refractivity contribution in [3.8, 4) is 16.8 Å². The molecule has 0 atom stereocenters. The standard InChI is InChI=1S/C29H18N2S/c1-2-6-22-20(5-1)17-30-18-26(22)19-9-11-21(12-10-19)31-27-8-4-3-7-23(27)24-13-14-28-25(29(24)31)15-16-32-28/h1-18H. The largest absolute Gasteiger partial charge is 0.309 e. The normalized spacial score (nSPS) is 11.8. The van der Waals surface area contributed by atoms with Crippen molar-refractivity contribution in [3.63, 3.8) is 0 Å². The number of hydrogen-bond acceptors (Lipinski definition) is 2. The highest BCUT2D eigenvalue weighted by Gasteiger charge is 2.15. The third-order valence-corrected chi connectivity index (χ3v) is 7.25. The highest BCUT2D eigenvalue weighted by atomic mass is 32.1. The second kappa shape index (κ2) is 6.78. The molecule has 0 aliphatic carbocycles. The van der Waals surface area contributed by atoms with Crippen LogP contribution in [-0.4, -0.2) is 9.55 Å². The van der Waals surface area contributed by atoms with Crippen LogP contribution in [0.4, 0.5) is 0 Å². The third-order valence-electron chi connectivity index (χ3n) is 6.37. The maximum atomic E-state index is 4.47. The van der Waals surface area contributed by atoms with Gasteiger partial charge in [0.05, 0.1) is 11.0 Å². The lowest BCUT2D eigenvalue weighted by atomic mass is 10.0. The van der Waals surface area contributed by atoms with E-state index in [0.29, 0.717) is 0 Å². The third kappa shape index (κ3) is 2.49. The van der Waals surface area contributed by atoms with Crippen molar-refractivity contribution in [1.29, 1.82) is 0 Å². The lowest BCUT2D eigenvalue weighted by Gasteiger charge is -2.11. The molecule has 0 unspecified atom stereocenters. The monoisotopic (exact) mass is 426 g/mol. The highest BCUT2D eigenvalue weighted by molar-refractivity contribution is 7.17. The predicted octanol–water partition coefficient (Wildman–Crippen LogP) is 8.21. The number of thiophene rings is 1. The predicted molar refractivity (Wildman–Crippen MR) is 137 cm³/mol. The zero-order valence-electron chi connectivity index (χ0n) is 17.2. The minimum absolute atomic E-state index is 1.16. The van der Waals surface area contributed by atoms with Crippen LogP contribution < -0.4 is 0 Å². The van der Waals surface area contributed by atoms with Crippen LogP contribution in [0.15, 0.2) is 109 Å². The molecule has 0 N–H and O–H groups in total. The SMILES string of the molecule is c1ccc2c(-c3ccc(-n4c5ccccc5c5ccc6sccc6c54)cc3)cncc2c1. The Bertz CT molecular complexity index is 1770. The van der Waals surface area contributed by atoms with Crippen molar-refractivity contribution in [3.05, 3.63) is 109 Å². The Hall–Kier alpha value is -3.95. The topological polar surface area (TPSA) is 17.8 Å². The van der Waals surface area contributed by atoms with E-state index in [0.717, 1.165) is 10.9 Å². The minimum atomic E-state index is 1.16. The molecule has 0 fully saturated rings. The zero-order chi connectivity index (χ0) is 21.1. The van der Waals surface area contributed by atoms with E-state index in [1.54, 1.807) is 11.3 Å². The fourth-order valence-corrected chi connectivity index (χ4v) is 5.70. The van der Waals surface area contributed by atoms with E-state index in [1.165, 1.54) is 48.5 Å². The molecular weight excluding hydrogens is 408 g/mol. The lowest BCUT2D eigenvalue weighted by Crippen LogP contribution is -1.94. The van der Waals surface area contributed by atoms with Gasteiger partial charge in [-0.2, -0.15) is 0 Å². The first-order valence-corrected chi connectivity index (χ1v) is 11.6. The molecule has 2 nitrogen and oxygen atoms in total. The van der Waals surface area contributed by atoms with Gasteiger partial charge in [0.1, 0.15) is 0 Å². The van der Waals surface area contributed by atoms with E-state index in [-0.39, 0.29) is 0 Å². The molecule has 150 valence electrons. The molecule has 0 bridgehead atoms. The van der Waals surface area contributed by atoms with Gasteiger partial charge in [-0.25, -0.2) is 0 Å². The van der Waals surface area contributed by atoms with Crippen molar-refractivity contribution in [2.24, 2.45) is 0 Å². The van der Waals surface area contributed by atoms with E-state index in [9.17, 15) is 0 Å². The number of rotatable bonds is 2. The number of para-hydroxylation sites is 1. The van der Waals surface area contributed by atoms with Gasteiger partial charge in [0.25, 0.3) is 0 Å².